The van der Waals surface area contributed by atoms with Gasteiger partial charge in [-0.1, -0.05) is 19.1 Å². The molecule has 17 heavy (non-hydrogen) atoms. The van der Waals surface area contributed by atoms with Gasteiger partial charge in [-0.25, -0.2) is 4.79 Å². The number of hydrogen-bond acceptors (Lipinski definition) is 2. The quantitative estimate of drug-likeness (QED) is 0.781. The predicted molar refractivity (Wildman–Crippen MR) is 68.9 cm³/mol. The standard InChI is InChI=1S/C14H19NO2/c1-8-5-6-10-9(2)7-14(3,4)15-12(10)11(8)13(16)17/h5-6,9,15H,7H2,1-4H3,(H,16,17)/t9-/m1/s1. The number of carbonyl (C=O) groups is 1. The third kappa shape index (κ3) is 2.02. The van der Waals surface area contributed by atoms with Gasteiger partial charge in [0.25, 0.3) is 0 Å². The van der Waals surface area contributed by atoms with Crippen molar-refractivity contribution >= 4 is 11.7 Å². The Labute approximate surface area is 102 Å². The van der Waals surface area contributed by atoms with Gasteiger partial charge in [-0.15, -0.1) is 0 Å². The summed E-state index contributed by atoms with van der Waals surface area (Å²) in [5, 5.41) is 12.7. The van der Waals surface area contributed by atoms with Gasteiger partial charge in [-0.05, 0) is 44.2 Å². The molecule has 1 aliphatic rings. The van der Waals surface area contributed by atoms with E-state index in [-0.39, 0.29) is 5.54 Å². The fraction of sp³-hybridized carbons (Fsp3) is 0.500. The zero-order valence-electron chi connectivity index (χ0n) is 10.8. The van der Waals surface area contributed by atoms with Crippen LogP contribution in [0.1, 0.15) is 54.6 Å². The lowest BCUT2D eigenvalue weighted by atomic mass is 9.80. The Morgan fingerprint density at radius 1 is 1.47 bits per heavy atom. The largest absolute Gasteiger partial charge is 0.478 e. The minimum atomic E-state index is -0.850. The second-order valence-electron chi connectivity index (χ2n) is 5.64. The highest BCUT2D eigenvalue weighted by Gasteiger charge is 2.32. The highest BCUT2D eigenvalue weighted by molar-refractivity contribution is 5.97. The molecule has 2 N–H and O–H groups in total. The first-order valence-corrected chi connectivity index (χ1v) is 5.97. The van der Waals surface area contributed by atoms with Gasteiger partial charge in [-0.2, -0.15) is 0 Å². The van der Waals surface area contributed by atoms with Gasteiger partial charge in [0.15, 0.2) is 0 Å². The van der Waals surface area contributed by atoms with Crippen molar-refractivity contribution in [3.63, 3.8) is 0 Å². The number of fused-ring (bicyclic) bond motifs is 1. The van der Waals surface area contributed by atoms with Crippen LogP contribution in [0.3, 0.4) is 0 Å². The van der Waals surface area contributed by atoms with Crippen LogP contribution in [0, 0.1) is 6.92 Å². The minimum absolute atomic E-state index is 0.0512. The van der Waals surface area contributed by atoms with Crippen molar-refractivity contribution in [3.8, 4) is 0 Å². The molecular formula is C14H19NO2. The van der Waals surface area contributed by atoms with Gasteiger partial charge in [0.2, 0.25) is 0 Å². The van der Waals surface area contributed by atoms with Crippen molar-refractivity contribution in [2.24, 2.45) is 0 Å². The Kier molecular flexibility index (Phi) is 2.64. The smallest absolute Gasteiger partial charge is 0.338 e. The summed E-state index contributed by atoms with van der Waals surface area (Å²) < 4.78 is 0. The molecule has 0 amide bonds. The van der Waals surface area contributed by atoms with Crippen LogP contribution in [0.15, 0.2) is 12.1 Å². The number of rotatable bonds is 1. The third-order valence-corrected chi connectivity index (χ3v) is 3.47. The monoisotopic (exact) mass is 233 g/mol. The molecular weight excluding hydrogens is 214 g/mol. The normalized spacial score (nSPS) is 21.5. The minimum Gasteiger partial charge on any atom is -0.478 e. The van der Waals surface area contributed by atoms with E-state index >= 15 is 0 Å². The van der Waals surface area contributed by atoms with Crippen LogP contribution in [0.2, 0.25) is 0 Å². The number of aromatic carboxylic acids is 1. The molecule has 0 bridgehead atoms. The average Bonchev–Trinajstić information content (AvgIpc) is 2.13. The first kappa shape index (κ1) is 12.0. The molecule has 0 aliphatic carbocycles. The third-order valence-electron chi connectivity index (χ3n) is 3.47. The molecule has 0 fully saturated rings. The van der Waals surface area contributed by atoms with Gasteiger partial charge in [0, 0.05) is 5.54 Å². The number of anilines is 1. The van der Waals surface area contributed by atoms with Gasteiger partial charge >= 0.3 is 5.97 Å². The van der Waals surface area contributed by atoms with E-state index in [2.05, 4.69) is 26.1 Å². The first-order chi connectivity index (χ1) is 7.82. The summed E-state index contributed by atoms with van der Waals surface area (Å²) in [5.41, 5.74) is 3.11. The summed E-state index contributed by atoms with van der Waals surface area (Å²) in [7, 11) is 0. The fourth-order valence-electron chi connectivity index (χ4n) is 2.81. The first-order valence-electron chi connectivity index (χ1n) is 5.97. The molecule has 92 valence electrons. The Hall–Kier alpha value is -1.51. The lowest BCUT2D eigenvalue weighted by Gasteiger charge is -2.38. The maximum atomic E-state index is 11.4. The van der Waals surface area contributed by atoms with Crippen molar-refractivity contribution in [1.82, 2.24) is 0 Å². The molecule has 1 atom stereocenters. The molecule has 1 heterocycles. The molecule has 2 rings (SSSR count). The van der Waals surface area contributed by atoms with Crippen LogP contribution in [0.4, 0.5) is 5.69 Å². The topological polar surface area (TPSA) is 49.3 Å². The van der Waals surface area contributed by atoms with Crippen LogP contribution in [0.25, 0.3) is 0 Å². The number of hydrogen-bond donors (Lipinski definition) is 2. The van der Waals surface area contributed by atoms with Crippen molar-refractivity contribution < 1.29 is 9.90 Å². The Morgan fingerprint density at radius 3 is 2.71 bits per heavy atom. The van der Waals surface area contributed by atoms with Crippen LogP contribution in [-0.2, 0) is 0 Å². The number of carboxylic acids is 1. The number of carboxylic acid groups (broad SMARTS) is 1. The molecule has 3 heteroatoms. The SMILES string of the molecule is Cc1ccc2c(c1C(=O)O)NC(C)(C)C[C@H]2C. The number of benzene rings is 1. The van der Waals surface area contributed by atoms with E-state index in [1.807, 2.05) is 19.1 Å². The summed E-state index contributed by atoms with van der Waals surface area (Å²) >= 11 is 0. The fourth-order valence-corrected chi connectivity index (χ4v) is 2.81. The summed E-state index contributed by atoms with van der Waals surface area (Å²) in [4.78, 5) is 11.4. The maximum Gasteiger partial charge on any atom is 0.338 e. The molecule has 0 saturated carbocycles. The van der Waals surface area contributed by atoms with Crippen LogP contribution in [-0.4, -0.2) is 16.6 Å². The number of nitrogens with one attached hydrogen (secondary N) is 1. The van der Waals surface area contributed by atoms with E-state index in [0.717, 1.165) is 23.2 Å². The number of aryl methyl sites for hydroxylation is 1. The molecule has 0 saturated heterocycles. The van der Waals surface area contributed by atoms with E-state index in [1.54, 1.807) is 0 Å². The van der Waals surface area contributed by atoms with Gasteiger partial charge in [-0.3, -0.25) is 0 Å². The molecule has 1 aromatic carbocycles. The Balaban J connectivity index is 2.65. The summed E-state index contributed by atoms with van der Waals surface area (Å²) in [6.45, 7) is 8.22. The second-order valence-corrected chi connectivity index (χ2v) is 5.64. The lowest BCUT2D eigenvalue weighted by molar-refractivity contribution is 0.0697. The Morgan fingerprint density at radius 2 is 2.12 bits per heavy atom. The van der Waals surface area contributed by atoms with E-state index in [1.165, 1.54) is 0 Å². The summed E-state index contributed by atoms with van der Waals surface area (Å²) in [6, 6.07) is 3.95. The summed E-state index contributed by atoms with van der Waals surface area (Å²) in [6.07, 6.45) is 1.02. The van der Waals surface area contributed by atoms with Gasteiger partial charge in [0.1, 0.15) is 0 Å². The van der Waals surface area contributed by atoms with Crippen molar-refractivity contribution in [3.05, 3.63) is 28.8 Å². The van der Waals surface area contributed by atoms with E-state index in [0.29, 0.717) is 11.5 Å². The molecule has 0 radical (unpaired) electrons. The molecule has 3 nitrogen and oxygen atoms in total. The van der Waals surface area contributed by atoms with Crippen molar-refractivity contribution in [1.29, 1.82) is 0 Å². The van der Waals surface area contributed by atoms with E-state index in [4.69, 9.17) is 0 Å². The lowest BCUT2D eigenvalue weighted by Crippen LogP contribution is -2.37. The summed E-state index contributed by atoms with van der Waals surface area (Å²) in [5.74, 6) is -0.461. The highest BCUT2D eigenvalue weighted by Crippen LogP contribution is 2.41. The van der Waals surface area contributed by atoms with E-state index < -0.39 is 5.97 Å². The molecule has 0 unspecified atom stereocenters. The Bertz CT molecular complexity index is 477. The van der Waals surface area contributed by atoms with E-state index in [9.17, 15) is 9.90 Å². The highest BCUT2D eigenvalue weighted by atomic mass is 16.4. The van der Waals surface area contributed by atoms with Crippen LogP contribution in [0.5, 0.6) is 0 Å². The molecule has 1 aromatic rings. The van der Waals surface area contributed by atoms with Gasteiger partial charge < -0.3 is 10.4 Å². The predicted octanol–water partition coefficient (Wildman–Crippen LogP) is 3.39. The zero-order valence-corrected chi connectivity index (χ0v) is 10.8. The maximum absolute atomic E-state index is 11.4. The van der Waals surface area contributed by atoms with Crippen LogP contribution >= 0.6 is 0 Å². The molecule has 0 spiro atoms. The molecule has 0 aromatic heterocycles. The van der Waals surface area contributed by atoms with Crippen LogP contribution < -0.4 is 5.32 Å². The second kappa shape index (κ2) is 3.76. The van der Waals surface area contributed by atoms with Crippen molar-refractivity contribution in [2.45, 2.75) is 45.6 Å². The average molecular weight is 233 g/mol. The molecule has 1 aliphatic heterocycles. The van der Waals surface area contributed by atoms with Gasteiger partial charge in [0.05, 0.1) is 11.3 Å². The zero-order chi connectivity index (χ0) is 12.8. The van der Waals surface area contributed by atoms with Crippen molar-refractivity contribution in [2.75, 3.05) is 5.32 Å².